The Morgan fingerprint density at radius 1 is 1.48 bits per heavy atom. The second-order valence-electron chi connectivity index (χ2n) is 6.52. The fourth-order valence-corrected chi connectivity index (χ4v) is 3.40. The molecule has 2 aliphatic rings. The maximum Gasteiger partial charge on any atom is 0.246 e. The van der Waals surface area contributed by atoms with Gasteiger partial charge in [0.15, 0.2) is 11.8 Å². The summed E-state index contributed by atoms with van der Waals surface area (Å²) >= 11 is 0. The molecular weight excluding hydrogens is 437 g/mol. The molecule has 0 saturated carbocycles. The minimum atomic E-state index is -0.160. The number of hydrogen-bond donors (Lipinski definition) is 1. The van der Waals surface area contributed by atoms with E-state index in [9.17, 15) is 0 Å². The molecule has 1 aromatic heterocycles. The quantitative estimate of drug-likeness (QED) is 0.405. The third kappa shape index (κ3) is 4.82. The maximum atomic E-state index is 5.59. The van der Waals surface area contributed by atoms with Gasteiger partial charge in [0.1, 0.15) is 6.10 Å². The van der Waals surface area contributed by atoms with Gasteiger partial charge in [0.25, 0.3) is 0 Å². The predicted molar refractivity (Wildman–Crippen MR) is 104 cm³/mol. The van der Waals surface area contributed by atoms with E-state index in [1.165, 1.54) is 0 Å². The molecule has 3 heterocycles. The van der Waals surface area contributed by atoms with Crippen molar-refractivity contribution < 1.29 is 14.0 Å². The van der Waals surface area contributed by atoms with Crippen molar-refractivity contribution in [3.05, 3.63) is 11.7 Å². The molecule has 0 aromatic carbocycles. The van der Waals surface area contributed by atoms with Gasteiger partial charge >= 0.3 is 0 Å². The van der Waals surface area contributed by atoms with E-state index in [0.717, 1.165) is 45.1 Å². The molecule has 0 bridgehead atoms. The van der Waals surface area contributed by atoms with Crippen LogP contribution in [0, 0.1) is 5.41 Å². The van der Waals surface area contributed by atoms with Crippen molar-refractivity contribution in [3.63, 3.8) is 0 Å². The highest BCUT2D eigenvalue weighted by Gasteiger charge is 2.42. The third-order valence-electron chi connectivity index (χ3n) is 4.80. The lowest BCUT2D eigenvalue weighted by atomic mass is 9.87. The van der Waals surface area contributed by atoms with E-state index in [-0.39, 0.29) is 30.1 Å². The van der Waals surface area contributed by atoms with Crippen LogP contribution in [0.4, 0.5) is 0 Å². The molecule has 0 amide bonds. The molecule has 1 N–H and O–H groups in total. The highest BCUT2D eigenvalue weighted by atomic mass is 127. The highest BCUT2D eigenvalue weighted by molar-refractivity contribution is 14.0. The van der Waals surface area contributed by atoms with Gasteiger partial charge in [-0.1, -0.05) is 5.16 Å². The Morgan fingerprint density at radius 2 is 2.32 bits per heavy atom. The standard InChI is InChI=1S/C16H27N5O3.HI/c1-4-23-12(2)14-19-13(24-20-14)9-18-15(17-3)21-7-5-16(10-21)6-8-22-11-16;/h12H,4-11H2,1-3H3,(H,17,18);1H. The summed E-state index contributed by atoms with van der Waals surface area (Å²) in [6, 6.07) is 0. The van der Waals surface area contributed by atoms with Crippen molar-refractivity contribution in [2.24, 2.45) is 10.4 Å². The topological polar surface area (TPSA) is 85.0 Å². The molecule has 8 nitrogen and oxygen atoms in total. The van der Waals surface area contributed by atoms with Gasteiger partial charge in [0, 0.05) is 38.8 Å². The van der Waals surface area contributed by atoms with Crippen LogP contribution in [0.1, 0.15) is 44.5 Å². The minimum absolute atomic E-state index is 0. The molecule has 0 radical (unpaired) electrons. The molecule has 1 spiro atoms. The monoisotopic (exact) mass is 465 g/mol. The van der Waals surface area contributed by atoms with Crippen molar-refractivity contribution in [2.45, 2.75) is 39.3 Å². The summed E-state index contributed by atoms with van der Waals surface area (Å²) in [5, 5.41) is 7.29. The first-order valence-electron chi connectivity index (χ1n) is 8.63. The van der Waals surface area contributed by atoms with Crippen molar-refractivity contribution in [1.82, 2.24) is 20.4 Å². The molecule has 3 rings (SSSR count). The minimum Gasteiger partial charge on any atom is -0.381 e. The van der Waals surface area contributed by atoms with Gasteiger partial charge in [-0.25, -0.2) is 0 Å². The zero-order valence-corrected chi connectivity index (χ0v) is 17.5. The first-order chi connectivity index (χ1) is 11.7. The van der Waals surface area contributed by atoms with E-state index in [0.29, 0.717) is 30.3 Å². The smallest absolute Gasteiger partial charge is 0.246 e. The second kappa shape index (κ2) is 9.13. The average Bonchev–Trinajstić information content (AvgIpc) is 3.31. The lowest BCUT2D eigenvalue weighted by molar-refractivity contribution is 0.0683. The van der Waals surface area contributed by atoms with E-state index in [1.807, 2.05) is 13.8 Å². The molecule has 25 heavy (non-hydrogen) atoms. The Balaban J connectivity index is 0.00000225. The summed E-state index contributed by atoms with van der Waals surface area (Å²) < 4.78 is 16.3. The first kappa shape index (κ1) is 20.4. The van der Waals surface area contributed by atoms with E-state index in [2.05, 4.69) is 25.3 Å². The lowest BCUT2D eigenvalue weighted by Crippen LogP contribution is -2.41. The molecular formula is C16H28IN5O3. The van der Waals surface area contributed by atoms with E-state index >= 15 is 0 Å². The maximum absolute atomic E-state index is 5.59. The van der Waals surface area contributed by atoms with Crippen molar-refractivity contribution >= 4 is 29.9 Å². The number of aliphatic imine (C=N–C) groups is 1. The van der Waals surface area contributed by atoms with Crippen LogP contribution >= 0.6 is 24.0 Å². The second-order valence-corrected chi connectivity index (χ2v) is 6.52. The number of halogens is 1. The zero-order chi connectivity index (χ0) is 17.0. The molecule has 1 aromatic rings. The molecule has 2 fully saturated rings. The average molecular weight is 465 g/mol. The number of rotatable bonds is 5. The zero-order valence-electron chi connectivity index (χ0n) is 15.2. The number of ether oxygens (including phenoxy) is 2. The highest BCUT2D eigenvalue weighted by Crippen LogP contribution is 2.38. The van der Waals surface area contributed by atoms with Crippen LogP contribution in [0.25, 0.3) is 0 Å². The van der Waals surface area contributed by atoms with Gasteiger partial charge in [-0.2, -0.15) is 4.98 Å². The number of hydrogen-bond acceptors (Lipinski definition) is 6. The Bertz CT molecular complexity index is 574. The van der Waals surface area contributed by atoms with E-state index < -0.39 is 0 Å². The summed E-state index contributed by atoms with van der Waals surface area (Å²) in [5.41, 5.74) is 0.308. The van der Waals surface area contributed by atoms with Crippen LogP contribution in [-0.4, -0.2) is 61.0 Å². The number of nitrogens with one attached hydrogen (secondary N) is 1. The Labute approximate surface area is 165 Å². The Hall–Kier alpha value is -0.940. The molecule has 2 atom stereocenters. The molecule has 0 aliphatic carbocycles. The van der Waals surface area contributed by atoms with Gasteiger partial charge in [-0.15, -0.1) is 24.0 Å². The van der Waals surface area contributed by atoms with Gasteiger partial charge in [-0.05, 0) is 26.7 Å². The fourth-order valence-electron chi connectivity index (χ4n) is 3.40. The normalized spacial score (nSPS) is 24.6. The first-order valence-corrected chi connectivity index (χ1v) is 8.63. The summed E-state index contributed by atoms with van der Waals surface area (Å²) in [6.45, 7) is 8.67. The van der Waals surface area contributed by atoms with Crippen LogP contribution in [-0.2, 0) is 16.0 Å². The van der Waals surface area contributed by atoms with Crippen LogP contribution in [0.5, 0.6) is 0 Å². The molecule has 2 saturated heterocycles. The summed E-state index contributed by atoms with van der Waals surface area (Å²) in [6.07, 6.45) is 2.14. The van der Waals surface area contributed by atoms with Gasteiger partial charge in [0.2, 0.25) is 5.89 Å². The lowest BCUT2D eigenvalue weighted by Gasteiger charge is -2.24. The fraction of sp³-hybridized carbons (Fsp3) is 0.812. The number of guanidine groups is 1. The third-order valence-corrected chi connectivity index (χ3v) is 4.80. The summed E-state index contributed by atoms with van der Waals surface area (Å²) in [7, 11) is 1.80. The van der Waals surface area contributed by atoms with Gasteiger partial charge < -0.3 is 24.2 Å². The molecule has 2 aliphatic heterocycles. The molecule has 142 valence electrons. The Morgan fingerprint density at radius 3 is 3.00 bits per heavy atom. The van der Waals surface area contributed by atoms with Gasteiger partial charge in [0.05, 0.1) is 13.2 Å². The number of likely N-dealkylation sites (tertiary alicyclic amines) is 1. The van der Waals surface area contributed by atoms with Gasteiger partial charge in [-0.3, -0.25) is 4.99 Å². The summed E-state index contributed by atoms with van der Waals surface area (Å²) in [5.74, 6) is 1.99. The van der Waals surface area contributed by atoms with Crippen LogP contribution in [0.2, 0.25) is 0 Å². The number of aromatic nitrogens is 2. The van der Waals surface area contributed by atoms with Crippen molar-refractivity contribution in [1.29, 1.82) is 0 Å². The van der Waals surface area contributed by atoms with E-state index in [1.54, 1.807) is 7.05 Å². The predicted octanol–water partition coefficient (Wildman–Crippen LogP) is 1.97. The van der Waals surface area contributed by atoms with E-state index in [4.69, 9.17) is 14.0 Å². The Kier molecular flexibility index (Phi) is 7.44. The number of nitrogens with zero attached hydrogens (tertiary/aromatic N) is 4. The molecule has 2 unspecified atom stereocenters. The van der Waals surface area contributed by atoms with Crippen LogP contribution < -0.4 is 5.32 Å². The SMILES string of the molecule is CCOC(C)c1noc(CNC(=NC)N2CCC3(CCOC3)C2)n1.I. The van der Waals surface area contributed by atoms with Crippen LogP contribution in [0.15, 0.2) is 9.52 Å². The van der Waals surface area contributed by atoms with Crippen molar-refractivity contribution in [3.8, 4) is 0 Å². The summed E-state index contributed by atoms with van der Waals surface area (Å²) in [4.78, 5) is 11.0. The van der Waals surface area contributed by atoms with Crippen molar-refractivity contribution in [2.75, 3.05) is 40.0 Å². The van der Waals surface area contributed by atoms with Crippen LogP contribution in [0.3, 0.4) is 0 Å². The largest absolute Gasteiger partial charge is 0.381 e. The molecule has 9 heteroatoms.